The second-order valence-electron chi connectivity index (χ2n) is 6.82. The topological polar surface area (TPSA) is 76.1 Å². The smallest absolute Gasteiger partial charge is 0.270 e. The largest absolute Gasteiger partial charge is 0.385 e. The Morgan fingerprint density at radius 2 is 1.88 bits per heavy atom. The molecule has 0 aliphatic rings. The van der Waals surface area contributed by atoms with Crippen LogP contribution in [0.4, 0.5) is 11.6 Å². The Balaban J connectivity index is 2.00. The molecule has 0 saturated heterocycles. The van der Waals surface area contributed by atoms with E-state index in [1.807, 2.05) is 12.1 Å². The molecule has 0 atom stereocenters. The zero-order valence-electron chi connectivity index (χ0n) is 15.3. The first-order valence-electron chi connectivity index (χ1n) is 8.38. The zero-order chi connectivity index (χ0) is 18.3. The molecule has 0 saturated carbocycles. The predicted molar refractivity (Wildman–Crippen MR) is 99.3 cm³/mol. The second kappa shape index (κ2) is 8.58. The van der Waals surface area contributed by atoms with Crippen LogP contribution in [0.15, 0.2) is 36.5 Å². The Morgan fingerprint density at radius 3 is 2.52 bits per heavy atom. The summed E-state index contributed by atoms with van der Waals surface area (Å²) in [5, 5.41) is 5.94. The molecule has 0 bridgehead atoms. The maximum absolute atomic E-state index is 12.1. The Labute approximate surface area is 149 Å². The monoisotopic (exact) mass is 342 g/mol. The zero-order valence-corrected chi connectivity index (χ0v) is 15.3. The molecule has 2 rings (SSSR count). The number of nitrogens with one attached hydrogen (secondary N) is 2. The molecule has 1 aromatic heterocycles. The van der Waals surface area contributed by atoms with Crippen LogP contribution in [0, 0.1) is 0 Å². The predicted octanol–water partition coefficient (Wildman–Crippen LogP) is 3.28. The van der Waals surface area contributed by atoms with Crippen molar-refractivity contribution in [3.8, 4) is 0 Å². The normalized spacial score (nSPS) is 11.2. The van der Waals surface area contributed by atoms with Gasteiger partial charge in [0.2, 0.25) is 5.95 Å². The first-order chi connectivity index (χ1) is 11.9. The lowest BCUT2D eigenvalue weighted by Gasteiger charge is -2.19. The number of carbonyl (C=O) groups excluding carboxylic acids is 1. The van der Waals surface area contributed by atoms with Crippen LogP contribution < -0.4 is 10.6 Å². The van der Waals surface area contributed by atoms with Crippen molar-refractivity contribution in [2.24, 2.45) is 0 Å². The Hall–Kier alpha value is -2.47. The summed E-state index contributed by atoms with van der Waals surface area (Å²) in [4.78, 5) is 20.5. The van der Waals surface area contributed by atoms with E-state index in [0.717, 1.165) is 12.1 Å². The second-order valence-corrected chi connectivity index (χ2v) is 6.82. The van der Waals surface area contributed by atoms with Gasteiger partial charge in [-0.05, 0) is 35.6 Å². The minimum Gasteiger partial charge on any atom is -0.385 e. The first-order valence-corrected chi connectivity index (χ1v) is 8.38. The lowest BCUT2D eigenvalue weighted by molar-refractivity contribution is 0.0943. The van der Waals surface area contributed by atoms with Gasteiger partial charge >= 0.3 is 0 Å². The number of ether oxygens (including phenoxy) is 1. The molecule has 1 aromatic carbocycles. The van der Waals surface area contributed by atoms with Crippen LogP contribution >= 0.6 is 0 Å². The van der Waals surface area contributed by atoms with E-state index in [0.29, 0.717) is 24.8 Å². The molecule has 2 aromatic rings. The van der Waals surface area contributed by atoms with Gasteiger partial charge in [0, 0.05) is 32.1 Å². The molecule has 0 aliphatic carbocycles. The van der Waals surface area contributed by atoms with E-state index >= 15 is 0 Å². The molecule has 2 N–H and O–H groups in total. The third kappa shape index (κ3) is 5.83. The fourth-order valence-electron chi connectivity index (χ4n) is 2.24. The van der Waals surface area contributed by atoms with Gasteiger partial charge in [-0.2, -0.15) is 0 Å². The summed E-state index contributed by atoms with van der Waals surface area (Å²) in [5.41, 5.74) is 2.57. The van der Waals surface area contributed by atoms with Crippen molar-refractivity contribution in [3.63, 3.8) is 0 Å². The molecule has 0 spiro atoms. The van der Waals surface area contributed by atoms with E-state index in [-0.39, 0.29) is 11.3 Å². The molecule has 1 amide bonds. The van der Waals surface area contributed by atoms with Gasteiger partial charge in [-0.25, -0.2) is 9.97 Å². The van der Waals surface area contributed by atoms with E-state index in [9.17, 15) is 4.79 Å². The number of hydrogen-bond donors (Lipinski definition) is 2. The number of rotatable bonds is 7. The summed E-state index contributed by atoms with van der Waals surface area (Å²) in [6.45, 7) is 7.68. The molecule has 0 unspecified atom stereocenters. The van der Waals surface area contributed by atoms with Crippen molar-refractivity contribution in [2.75, 3.05) is 25.6 Å². The van der Waals surface area contributed by atoms with Gasteiger partial charge in [-0.3, -0.25) is 4.79 Å². The molecule has 6 nitrogen and oxygen atoms in total. The minimum absolute atomic E-state index is 0.107. The third-order valence-corrected chi connectivity index (χ3v) is 3.71. The minimum atomic E-state index is -0.218. The molecule has 134 valence electrons. The van der Waals surface area contributed by atoms with Crippen molar-refractivity contribution >= 4 is 17.5 Å². The molecular formula is C19H26N4O2. The van der Waals surface area contributed by atoms with E-state index in [2.05, 4.69) is 53.5 Å². The lowest BCUT2D eigenvalue weighted by atomic mass is 9.87. The van der Waals surface area contributed by atoms with Gasteiger partial charge in [0.15, 0.2) is 0 Å². The van der Waals surface area contributed by atoms with Gasteiger partial charge in [0.1, 0.15) is 5.69 Å². The van der Waals surface area contributed by atoms with Crippen LogP contribution in [0.5, 0.6) is 0 Å². The van der Waals surface area contributed by atoms with Crippen LogP contribution in [-0.4, -0.2) is 36.1 Å². The highest BCUT2D eigenvalue weighted by Gasteiger charge is 2.13. The average Bonchev–Trinajstić information content (AvgIpc) is 2.58. The van der Waals surface area contributed by atoms with Gasteiger partial charge in [-0.1, -0.05) is 32.9 Å². The maximum Gasteiger partial charge on any atom is 0.270 e. The van der Waals surface area contributed by atoms with Crippen LogP contribution in [-0.2, 0) is 10.2 Å². The number of aromatic nitrogens is 2. The molecule has 25 heavy (non-hydrogen) atoms. The third-order valence-electron chi connectivity index (χ3n) is 3.71. The van der Waals surface area contributed by atoms with Crippen LogP contribution in [0.2, 0.25) is 0 Å². The molecular weight excluding hydrogens is 316 g/mol. The van der Waals surface area contributed by atoms with E-state index in [1.165, 1.54) is 5.56 Å². The fourth-order valence-corrected chi connectivity index (χ4v) is 2.24. The maximum atomic E-state index is 12.1. The summed E-state index contributed by atoms with van der Waals surface area (Å²) in [5.74, 6) is 0.178. The van der Waals surface area contributed by atoms with E-state index in [4.69, 9.17) is 4.74 Å². The number of methoxy groups -OCH3 is 1. The van der Waals surface area contributed by atoms with Crippen molar-refractivity contribution < 1.29 is 9.53 Å². The summed E-state index contributed by atoms with van der Waals surface area (Å²) in [7, 11) is 1.64. The van der Waals surface area contributed by atoms with Crippen molar-refractivity contribution in [3.05, 3.63) is 47.8 Å². The first kappa shape index (κ1) is 18.9. The molecule has 6 heteroatoms. The Bertz CT molecular complexity index is 693. The van der Waals surface area contributed by atoms with E-state index < -0.39 is 0 Å². The summed E-state index contributed by atoms with van der Waals surface area (Å²) in [6.07, 6.45) is 2.33. The molecule has 0 radical (unpaired) electrons. The number of benzene rings is 1. The number of hydrogen-bond acceptors (Lipinski definition) is 5. The number of nitrogens with zero attached hydrogens (tertiary/aromatic N) is 2. The highest BCUT2D eigenvalue weighted by atomic mass is 16.5. The van der Waals surface area contributed by atoms with Crippen molar-refractivity contribution in [2.45, 2.75) is 32.6 Å². The Morgan fingerprint density at radius 1 is 1.16 bits per heavy atom. The van der Waals surface area contributed by atoms with Gasteiger partial charge in [0.25, 0.3) is 5.91 Å². The highest BCUT2D eigenvalue weighted by molar-refractivity contribution is 5.92. The van der Waals surface area contributed by atoms with Crippen molar-refractivity contribution in [1.82, 2.24) is 15.3 Å². The number of anilines is 2. The fraction of sp³-hybridized carbons (Fsp3) is 0.421. The molecule has 1 heterocycles. The quantitative estimate of drug-likeness (QED) is 0.755. The SMILES string of the molecule is COCCCNC(=O)c1ccnc(Nc2ccc(C(C)(C)C)cc2)n1. The number of carbonyl (C=O) groups is 1. The summed E-state index contributed by atoms with van der Waals surface area (Å²) in [6, 6.07) is 9.73. The van der Waals surface area contributed by atoms with E-state index in [1.54, 1.807) is 19.4 Å². The summed E-state index contributed by atoms with van der Waals surface area (Å²) >= 11 is 0. The van der Waals surface area contributed by atoms with Crippen LogP contribution in [0.1, 0.15) is 43.2 Å². The Kier molecular flexibility index (Phi) is 6.47. The van der Waals surface area contributed by atoms with Gasteiger partial charge in [-0.15, -0.1) is 0 Å². The summed E-state index contributed by atoms with van der Waals surface area (Å²) < 4.78 is 4.96. The van der Waals surface area contributed by atoms with Gasteiger partial charge in [0.05, 0.1) is 0 Å². The average molecular weight is 342 g/mol. The standard InChI is InChI=1S/C19H26N4O2/c1-19(2,3)14-6-8-15(9-7-14)22-18-21-12-10-16(23-18)17(24)20-11-5-13-25-4/h6-10,12H,5,11,13H2,1-4H3,(H,20,24)(H,21,22,23). The van der Waals surface area contributed by atoms with Crippen LogP contribution in [0.3, 0.4) is 0 Å². The molecule has 0 fully saturated rings. The highest BCUT2D eigenvalue weighted by Crippen LogP contribution is 2.24. The molecule has 0 aliphatic heterocycles. The van der Waals surface area contributed by atoms with Crippen LogP contribution in [0.25, 0.3) is 0 Å². The number of amides is 1. The van der Waals surface area contributed by atoms with Crippen molar-refractivity contribution in [1.29, 1.82) is 0 Å². The van der Waals surface area contributed by atoms with Gasteiger partial charge < -0.3 is 15.4 Å². The lowest BCUT2D eigenvalue weighted by Crippen LogP contribution is -2.26.